The van der Waals surface area contributed by atoms with Crippen LogP contribution in [0.15, 0.2) is 72.8 Å². The monoisotopic (exact) mass is 432 g/mol. The highest BCUT2D eigenvalue weighted by molar-refractivity contribution is 5.96. The van der Waals surface area contributed by atoms with Crippen LogP contribution in [0.3, 0.4) is 0 Å². The number of carboxylic acids is 1. The zero-order valence-corrected chi connectivity index (χ0v) is 17.5. The lowest BCUT2D eigenvalue weighted by atomic mass is 9.80. The Bertz CT molecular complexity index is 1100. The van der Waals surface area contributed by atoms with E-state index < -0.39 is 17.5 Å². The summed E-state index contributed by atoms with van der Waals surface area (Å²) in [7, 11) is 0. The Kier molecular flexibility index (Phi) is 6.12. The van der Waals surface area contributed by atoms with Crippen LogP contribution in [0.5, 0.6) is 11.5 Å². The van der Waals surface area contributed by atoms with Gasteiger partial charge in [0.15, 0.2) is 5.60 Å². The Labute approximate surface area is 186 Å². The molecule has 0 aliphatic carbocycles. The third-order valence-corrected chi connectivity index (χ3v) is 5.61. The highest BCUT2D eigenvalue weighted by Crippen LogP contribution is 2.47. The first-order chi connectivity index (χ1) is 15.5. The van der Waals surface area contributed by atoms with Crippen molar-refractivity contribution in [3.8, 4) is 11.5 Å². The Balaban J connectivity index is 1.58. The number of carbonyl (C=O) groups excluding carboxylic acids is 1. The molecule has 1 heterocycles. The third kappa shape index (κ3) is 4.17. The molecular weight excluding hydrogens is 408 g/mol. The van der Waals surface area contributed by atoms with Crippen molar-refractivity contribution in [1.29, 1.82) is 0 Å². The number of carboxylic acid groups (broad SMARTS) is 1. The highest BCUT2D eigenvalue weighted by atomic mass is 16.6. The molecule has 0 amide bonds. The fraction of sp³-hybridized carbons (Fsp3) is 0.231. The van der Waals surface area contributed by atoms with Crippen LogP contribution >= 0.6 is 0 Å². The molecule has 0 radical (unpaired) electrons. The van der Waals surface area contributed by atoms with Gasteiger partial charge in [0.25, 0.3) is 0 Å². The van der Waals surface area contributed by atoms with Crippen LogP contribution < -0.4 is 4.74 Å². The average Bonchev–Trinajstić information content (AvgIpc) is 3.10. The van der Waals surface area contributed by atoms with Crippen molar-refractivity contribution in [2.45, 2.75) is 31.3 Å². The SMILES string of the molecule is O=C(O)CCCCCOc1ccc(C2(c3ccc(O)cc3)OC(=O)c3ccccc32)cc1. The van der Waals surface area contributed by atoms with E-state index in [-0.39, 0.29) is 12.2 Å². The second-order valence-electron chi connectivity index (χ2n) is 7.74. The molecule has 0 fully saturated rings. The number of aliphatic carboxylic acids is 1. The maximum atomic E-state index is 12.7. The molecule has 4 rings (SSSR count). The van der Waals surface area contributed by atoms with Crippen LogP contribution in [0, 0.1) is 0 Å². The molecule has 3 aromatic rings. The maximum Gasteiger partial charge on any atom is 0.340 e. The zero-order valence-electron chi connectivity index (χ0n) is 17.5. The number of carbonyl (C=O) groups is 2. The normalized spacial score (nSPS) is 16.9. The molecule has 1 unspecified atom stereocenters. The molecule has 164 valence electrons. The van der Waals surface area contributed by atoms with E-state index in [4.69, 9.17) is 14.6 Å². The standard InChI is InChI=1S/C26H24O6/c27-20-13-9-18(10-14-20)26(23-7-4-3-6-22(23)25(30)32-26)19-11-15-21(16-12-19)31-17-5-1-2-8-24(28)29/h3-4,6-7,9-16,27H,1-2,5,8,17H2,(H,28,29). The van der Waals surface area contributed by atoms with Crippen LogP contribution in [-0.2, 0) is 15.1 Å². The molecule has 6 heteroatoms. The predicted octanol–water partition coefficient (Wildman–Crippen LogP) is 4.88. The van der Waals surface area contributed by atoms with E-state index in [0.29, 0.717) is 24.3 Å². The smallest absolute Gasteiger partial charge is 0.340 e. The number of phenolic OH excluding ortho intramolecular Hbond substituents is 1. The lowest BCUT2D eigenvalue weighted by molar-refractivity contribution is -0.137. The molecule has 32 heavy (non-hydrogen) atoms. The summed E-state index contributed by atoms with van der Waals surface area (Å²) in [5, 5.41) is 18.4. The molecule has 2 N–H and O–H groups in total. The minimum absolute atomic E-state index is 0.133. The summed E-state index contributed by atoms with van der Waals surface area (Å²) >= 11 is 0. The summed E-state index contributed by atoms with van der Waals surface area (Å²) in [5.74, 6) is -0.354. The van der Waals surface area contributed by atoms with E-state index in [1.165, 1.54) is 0 Å². The van der Waals surface area contributed by atoms with Crippen molar-refractivity contribution < 1.29 is 29.3 Å². The molecular formula is C26H24O6. The number of aromatic hydroxyl groups is 1. The number of rotatable bonds is 9. The van der Waals surface area contributed by atoms with E-state index in [0.717, 1.165) is 29.5 Å². The Hall–Kier alpha value is -3.80. The number of hydrogen-bond acceptors (Lipinski definition) is 5. The number of cyclic esters (lactones) is 1. The topological polar surface area (TPSA) is 93.1 Å². The van der Waals surface area contributed by atoms with Gasteiger partial charge in [-0.3, -0.25) is 4.79 Å². The van der Waals surface area contributed by atoms with Gasteiger partial charge in [-0.2, -0.15) is 0 Å². The summed E-state index contributed by atoms with van der Waals surface area (Å²) < 4.78 is 11.8. The van der Waals surface area contributed by atoms with Crippen LogP contribution in [0.25, 0.3) is 0 Å². The summed E-state index contributed by atoms with van der Waals surface area (Å²) in [6.45, 7) is 0.500. The summed E-state index contributed by atoms with van der Waals surface area (Å²) in [5.41, 5.74) is 1.66. The Morgan fingerprint density at radius 3 is 2.22 bits per heavy atom. The number of hydrogen-bond donors (Lipinski definition) is 2. The molecule has 0 spiro atoms. The van der Waals surface area contributed by atoms with E-state index in [1.54, 1.807) is 36.4 Å². The first-order valence-corrected chi connectivity index (χ1v) is 10.6. The van der Waals surface area contributed by atoms with Gasteiger partial charge in [-0.05, 0) is 49.6 Å². The minimum atomic E-state index is -1.11. The van der Waals surface area contributed by atoms with Gasteiger partial charge in [0, 0.05) is 23.1 Å². The number of unbranched alkanes of at least 4 members (excludes halogenated alkanes) is 2. The Morgan fingerprint density at radius 1 is 0.875 bits per heavy atom. The van der Waals surface area contributed by atoms with Gasteiger partial charge in [-0.1, -0.05) is 42.5 Å². The summed E-state index contributed by atoms with van der Waals surface area (Å²) in [6, 6.07) is 21.4. The van der Waals surface area contributed by atoms with Crippen LogP contribution in [0.1, 0.15) is 52.7 Å². The van der Waals surface area contributed by atoms with Gasteiger partial charge >= 0.3 is 11.9 Å². The molecule has 1 aliphatic rings. The van der Waals surface area contributed by atoms with Gasteiger partial charge in [-0.25, -0.2) is 4.79 Å². The largest absolute Gasteiger partial charge is 0.508 e. The van der Waals surface area contributed by atoms with Crippen LogP contribution in [0.2, 0.25) is 0 Å². The average molecular weight is 432 g/mol. The predicted molar refractivity (Wildman–Crippen MR) is 118 cm³/mol. The lowest BCUT2D eigenvalue weighted by Crippen LogP contribution is -2.29. The molecule has 0 aromatic heterocycles. The van der Waals surface area contributed by atoms with Crippen molar-refractivity contribution in [3.05, 3.63) is 95.1 Å². The molecule has 3 aromatic carbocycles. The third-order valence-electron chi connectivity index (χ3n) is 5.61. The summed E-state index contributed by atoms with van der Waals surface area (Å²) in [4.78, 5) is 23.3. The Morgan fingerprint density at radius 2 is 1.53 bits per heavy atom. The number of benzene rings is 3. The van der Waals surface area contributed by atoms with Gasteiger partial charge in [0.2, 0.25) is 0 Å². The first-order valence-electron chi connectivity index (χ1n) is 10.6. The molecule has 6 nitrogen and oxygen atoms in total. The van der Waals surface area contributed by atoms with Gasteiger partial charge in [0.1, 0.15) is 11.5 Å². The molecule has 0 saturated carbocycles. The van der Waals surface area contributed by atoms with Gasteiger partial charge < -0.3 is 19.7 Å². The fourth-order valence-electron chi connectivity index (χ4n) is 4.04. The van der Waals surface area contributed by atoms with Crippen molar-refractivity contribution in [1.82, 2.24) is 0 Å². The van der Waals surface area contributed by atoms with Crippen molar-refractivity contribution in [3.63, 3.8) is 0 Å². The molecule has 1 atom stereocenters. The number of phenols is 1. The van der Waals surface area contributed by atoms with E-state index >= 15 is 0 Å². The van der Waals surface area contributed by atoms with E-state index in [1.807, 2.05) is 36.4 Å². The second-order valence-corrected chi connectivity index (χ2v) is 7.74. The van der Waals surface area contributed by atoms with Crippen molar-refractivity contribution in [2.24, 2.45) is 0 Å². The number of fused-ring (bicyclic) bond motifs is 1. The number of ether oxygens (including phenoxy) is 2. The second kappa shape index (κ2) is 9.14. The zero-order chi connectivity index (χ0) is 22.6. The van der Waals surface area contributed by atoms with Crippen LogP contribution in [0.4, 0.5) is 0 Å². The van der Waals surface area contributed by atoms with Gasteiger partial charge in [-0.15, -0.1) is 0 Å². The van der Waals surface area contributed by atoms with Crippen LogP contribution in [-0.4, -0.2) is 28.8 Å². The van der Waals surface area contributed by atoms with E-state index in [2.05, 4.69) is 0 Å². The number of esters is 1. The highest BCUT2D eigenvalue weighted by Gasteiger charge is 2.48. The quantitative estimate of drug-likeness (QED) is 0.370. The van der Waals surface area contributed by atoms with Crippen molar-refractivity contribution >= 4 is 11.9 Å². The molecule has 0 saturated heterocycles. The van der Waals surface area contributed by atoms with Crippen molar-refractivity contribution in [2.75, 3.05) is 6.61 Å². The fourth-order valence-corrected chi connectivity index (χ4v) is 4.04. The minimum Gasteiger partial charge on any atom is -0.508 e. The van der Waals surface area contributed by atoms with E-state index in [9.17, 15) is 14.7 Å². The molecule has 1 aliphatic heterocycles. The van der Waals surface area contributed by atoms with Gasteiger partial charge in [0.05, 0.1) is 12.2 Å². The lowest BCUT2D eigenvalue weighted by Gasteiger charge is -2.30. The summed E-state index contributed by atoms with van der Waals surface area (Å²) in [6.07, 6.45) is 2.38. The molecule has 0 bridgehead atoms. The first kappa shape index (κ1) is 21.4. The maximum absolute atomic E-state index is 12.7.